The lowest BCUT2D eigenvalue weighted by atomic mass is 9.75. The summed E-state index contributed by atoms with van der Waals surface area (Å²) in [5, 5.41) is 4.00. The van der Waals surface area contributed by atoms with E-state index in [0.717, 1.165) is 49.1 Å². The number of rotatable bonds is 3. The zero-order chi connectivity index (χ0) is 16.6. The molecule has 2 atom stereocenters. The Hall–Kier alpha value is -1.98. The first-order valence-corrected chi connectivity index (χ1v) is 8.62. The lowest BCUT2D eigenvalue weighted by Gasteiger charge is -2.42. The van der Waals surface area contributed by atoms with Gasteiger partial charge in [0, 0.05) is 38.7 Å². The lowest BCUT2D eigenvalue weighted by Crippen LogP contribution is -2.56. The van der Waals surface area contributed by atoms with E-state index in [2.05, 4.69) is 28.4 Å². The van der Waals surface area contributed by atoms with Gasteiger partial charge in [-0.2, -0.15) is 0 Å². The van der Waals surface area contributed by atoms with Crippen molar-refractivity contribution >= 4 is 16.8 Å². The number of benzene rings is 1. The molecule has 0 bridgehead atoms. The molecule has 5 nitrogen and oxygen atoms in total. The Morgan fingerprint density at radius 2 is 2.25 bits per heavy atom. The van der Waals surface area contributed by atoms with E-state index in [1.165, 1.54) is 0 Å². The highest BCUT2D eigenvalue weighted by Crippen LogP contribution is 2.41. The van der Waals surface area contributed by atoms with Crippen LogP contribution in [0.15, 0.2) is 36.4 Å². The first-order valence-electron chi connectivity index (χ1n) is 8.62. The molecule has 1 N–H and O–H groups in total. The Balaban J connectivity index is 1.55. The molecule has 2 aliphatic rings. The number of hydrogen-bond acceptors (Lipinski definition) is 4. The van der Waals surface area contributed by atoms with Crippen LogP contribution in [-0.2, 0) is 16.1 Å². The average molecular weight is 325 g/mol. The molecular weight excluding hydrogens is 302 g/mol. The number of carbonyl (C=O) groups excluding carboxylic acids is 1. The van der Waals surface area contributed by atoms with Crippen molar-refractivity contribution in [3.05, 3.63) is 42.1 Å². The zero-order valence-corrected chi connectivity index (χ0v) is 14.0. The minimum absolute atomic E-state index is 0.0539. The second-order valence-electron chi connectivity index (χ2n) is 6.84. The quantitative estimate of drug-likeness (QED) is 0.937. The molecule has 0 saturated carbocycles. The van der Waals surface area contributed by atoms with Gasteiger partial charge >= 0.3 is 0 Å². The van der Waals surface area contributed by atoms with Crippen LogP contribution in [0.25, 0.3) is 10.9 Å². The van der Waals surface area contributed by atoms with Crippen LogP contribution in [0.3, 0.4) is 0 Å². The van der Waals surface area contributed by atoms with Gasteiger partial charge in [0.2, 0.25) is 5.91 Å². The van der Waals surface area contributed by atoms with E-state index in [4.69, 9.17) is 9.72 Å². The molecular formula is C19H23N3O2. The molecule has 3 heterocycles. The van der Waals surface area contributed by atoms with Crippen molar-refractivity contribution in [1.82, 2.24) is 15.2 Å². The molecule has 4 rings (SSSR count). The second-order valence-corrected chi connectivity index (χ2v) is 6.84. The molecule has 0 unspecified atom stereocenters. The molecule has 5 heteroatoms. The van der Waals surface area contributed by atoms with Crippen LogP contribution >= 0.6 is 0 Å². The standard InChI is InChI=1S/C19H23N3O2/c1-20-18(23)19-9-11-24-17(19)8-10-22(13-19)12-15-7-6-14-4-2-3-5-16(14)21-15/h2-7,17H,8-13H2,1H3,(H,20,23)/t17-,19-/m1/s1. The van der Waals surface area contributed by atoms with Crippen LogP contribution in [0.4, 0.5) is 0 Å². The van der Waals surface area contributed by atoms with Gasteiger partial charge in [-0.15, -0.1) is 0 Å². The van der Waals surface area contributed by atoms with Gasteiger partial charge in [0.1, 0.15) is 0 Å². The van der Waals surface area contributed by atoms with Crippen LogP contribution in [0, 0.1) is 5.41 Å². The summed E-state index contributed by atoms with van der Waals surface area (Å²) in [5.41, 5.74) is 1.68. The maximum absolute atomic E-state index is 12.5. The number of nitrogens with one attached hydrogen (secondary N) is 1. The van der Waals surface area contributed by atoms with Crippen molar-refractivity contribution in [3.63, 3.8) is 0 Å². The van der Waals surface area contributed by atoms with Crippen molar-refractivity contribution in [3.8, 4) is 0 Å². The minimum Gasteiger partial charge on any atom is -0.377 e. The Bertz CT molecular complexity index is 763. The van der Waals surface area contributed by atoms with Crippen molar-refractivity contribution in [2.75, 3.05) is 26.7 Å². The monoisotopic (exact) mass is 325 g/mol. The summed E-state index contributed by atoms with van der Waals surface area (Å²) in [6, 6.07) is 12.4. The maximum atomic E-state index is 12.5. The number of fused-ring (bicyclic) bond motifs is 2. The van der Waals surface area contributed by atoms with Crippen molar-refractivity contribution in [2.24, 2.45) is 5.41 Å². The number of hydrogen-bond donors (Lipinski definition) is 1. The number of ether oxygens (including phenoxy) is 1. The minimum atomic E-state index is -0.399. The molecule has 0 spiro atoms. The van der Waals surface area contributed by atoms with Crippen LogP contribution in [0.5, 0.6) is 0 Å². The first kappa shape index (κ1) is 15.5. The molecule has 1 aromatic carbocycles. The van der Waals surface area contributed by atoms with Crippen LogP contribution < -0.4 is 5.32 Å². The van der Waals surface area contributed by atoms with Crippen molar-refractivity contribution in [2.45, 2.75) is 25.5 Å². The summed E-state index contributed by atoms with van der Waals surface area (Å²) in [7, 11) is 1.72. The van der Waals surface area contributed by atoms with Gasteiger partial charge in [-0.3, -0.25) is 14.7 Å². The number of amides is 1. The molecule has 2 saturated heterocycles. The first-order chi connectivity index (χ1) is 11.7. The largest absolute Gasteiger partial charge is 0.377 e. The molecule has 24 heavy (non-hydrogen) atoms. The van der Waals surface area contributed by atoms with E-state index < -0.39 is 5.41 Å². The fourth-order valence-corrected chi connectivity index (χ4v) is 4.16. The Morgan fingerprint density at radius 3 is 3.12 bits per heavy atom. The number of piperidine rings is 1. The Kier molecular flexibility index (Phi) is 3.98. The second kappa shape index (κ2) is 6.15. The zero-order valence-electron chi connectivity index (χ0n) is 14.0. The molecule has 0 radical (unpaired) electrons. The van der Waals surface area contributed by atoms with Gasteiger partial charge in [-0.25, -0.2) is 0 Å². The summed E-state index contributed by atoms with van der Waals surface area (Å²) in [4.78, 5) is 19.6. The third-order valence-electron chi connectivity index (χ3n) is 5.42. The van der Waals surface area contributed by atoms with Gasteiger partial charge in [-0.1, -0.05) is 24.3 Å². The number of aromatic nitrogens is 1. The maximum Gasteiger partial charge on any atom is 0.229 e. The van der Waals surface area contributed by atoms with Crippen LogP contribution in [0.1, 0.15) is 18.5 Å². The molecule has 126 valence electrons. The van der Waals surface area contributed by atoms with Crippen molar-refractivity contribution in [1.29, 1.82) is 0 Å². The smallest absolute Gasteiger partial charge is 0.229 e. The number of pyridine rings is 1. The molecule has 2 fully saturated rings. The molecule has 2 aromatic rings. The lowest BCUT2D eigenvalue weighted by molar-refractivity contribution is -0.139. The summed E-state index contributed by atoms with van der Waals surface area (Å²) in [5.74, 6) is 0.112. The number of nitrogens with zero attached hydrogens (tertiary/aromatic N) is 2. The highest BCUT2D eigenvalue weighted by atomic mass is 16.5. The van der Waals surface area contributed by atoms with E-state index in [-0.39, 0.29) is 12.0 Å². The summed E-state index contributed by atoms with van der Waals surface area (Å²) >= 11 is 0. The third-order valence-corrected chi connectivity index (χ3v) is 5.42. The molecule has 0 aliphatic carbocycles. The molecule has 1 amide bonds. The fourth-order valence-electron chi connectivity index (χ4n) is 4.16. The van der Waals surface area contributed by atoms with E-state index in [9.17, 15) is 4.79 Å². The van der Waals surface area contributed by atoms with E-state index in [1.807, 2.05) is 18.2 Å². The van der Waals surface area contributed by atoms with E-state index in [0.29, 0.717) is 6.61 Å². The molecule has 2 aliphatic heterocycles. The third kappa shape index (κ3) is 2.58. The van der Waals surface area contributed by atoms with Gasteiger partial charge < -0.3 is 10.1 Å². The number of likely N-dealkylation sites (tertiary alicyclic amines) is 1. The number of carbonyl (C=O) groups is 1. The van der Waals surface area contributed by atoms with E-state index in [1.54, 1.807) is 7.05 Å². The summed E-state index contributed by atoms with van der Waals surface area (Å²) in [6.45, 7) is 3.14. The predicted molar refractivity (Wildman–Crippen MR) is 92.5 cm³/mol. The van der Waals surface area contributed by atoms with Gasteiger partial charge in [0.25, 0.3) is 0 Å². The summed E-state index contributed by atoms with van der Waals surface area (Å²) < 4.78 is 5.84. The van der Waals surface area contributed by atoms with Crippen LogP contribution in [0.2, 0.25) is 0 Å². The predicted octanol–water partition coefficient (Wildman–Crippen LogP) is 1.96. The fraction of sp³-hybridized carbons (Fsp3) is 0.474. The van der Waals surface area contributed by atoms with Gasteiger partial charge in [-0.05, 0) is 25.0 Å². The van der Waals surface area contributed by atoms with Crippen molar-refractivity contribution < 1.29 is 9.53 Å². The Morgan fingerprint density at radius 1 is 1.38 bits per heavy atom. The van der Waals surface area contributed by atoms with Crippen LogP contribution in [-0.4, -0.2) is 48.6 Å². The normalized spacial score (nSPS) is 27.1. The van der Waals surface area contributed by atoms with Gasteiger partial charge in [0.15, 0.2) is 0 Å². The number of para-hydroxylation sites is 1. The SMILES string of the molecule is CNC(=O)[C@@]12CCO[C@@H]1CCN(Cc1ccc3ccccc3n1)C2. The van der Waals surface area contributed by atoms with Gasteiger partial charge in [0.05, 0.1) is 22.7 Å². The van der Waals surface area contributed by atoms with E-state index >= 15 is 0 Å². The Labute approximate surface area is 142 Å². The molecule has 1 aromatic heterocycles. The highest BCUT2D eigenvalue weighted by molar-refractivity contribution is 5.84. The topological polar surface area (TPSA) is 54.5 Å². The highest BCUT2D eigenvalue weighted by Gasteiger charge is 2.52. The average Bonchev–Trinajstić information content (AvgIpc) is 3.05. The summed E-state index contributed by atoms with van der Waals surface area (Å²) in [6.07, 6.45) is 1.76.